The molecule has 2 N–H and O–H groups in total. The molecule has 1 heterocycles. The van der Waals surface area contributed by atoms with Crippen LogP contribution in [0.25, 0.3) is 10.9 Å². The van der Waals surface area contributed by atoms with Crippen LogP contribution >= 0.6 is 0 Å². The Bertz CT molecular complexity index is 749. The Labute approximate surface area is 121 Å². The molecule has 2 aromatic carbocycles. The number of nitrogens with zero attached hydrogens (tertiary/aromatic N) is 2. The van der Waals surface area contributed by atoms with E-state index in [1.165, 1.54) is 12.4 Å². The van der Waals surface area contributed by atoms with Crippen LogP contribution < -0.4 is 5.32 Å². The number of hydrogen-bond acceptors (Lipinski definition) is 4. The number of aliphatic hydroxyl groups is 1. The topological polar surface area (TPSA) is 58.0 Å². The van der Waals surface area contributed by atoms with E-state index in [0.717, 1.165) is 5.56 Å². The molecule has 106 valence electrons. The van der Waals surface area contributed by atoms with Gasteiger partial charge in [-0.2, -0.15) is 0 Å². The van der Waals surface area contributed by atoms with Gasteiger partial charge >= 0.3 is 0 Å². The third-order valence-corrected chi connectivity index (χ3v) is 3.26. The fourth-order valence-corrected chi connectivity index (χ4v) is 2.18. The number of rotatable bonds is 4. The van der Waals surface area contributed by atoms with E-state index >= 15 is 0 Å². The molecule has 0 fully saturated rings. The van der Waals surface area contributed by atoms with Crippen LogP contribution in [0.1, 0.15) is 11.7 Å². The average Bonchev–Trinajstić information content (AvgIpc) is 2.54. The summed E-state index contributed by atoms with van der Waals surface area (Å²) in [6, 6.07) is 14.0. The van der Waals surface area contributed by atoms with E-state index in [1.54, 1.807) is 12.1 Å². The van der Waals surface area contributed by atoms with Crippen molar-refractivity contribution in [2.45, 2.75) is 6.10 Å². The summed E-state index contributed by atoms with van der Waals surface area (Å²) in [6.07, 6.45) is 0.646. The maximum absolute atomic E-state index is 13.7. The number of para-hydroxylation sites is 1. The molecule has 5 heteroatoms. The minimum Gasteiger partial charge on any atom is -0.387 e. The van der Waals surface area contributed by atoms with Crippen molar-refractivity contribution in [2.75, 3.05) is 11.9 Å². The van der Waals surface area contributed by atoms with E-state index in [4.69, 9.17) is 0 Å². The van der Waals surface area contributed by atoms with Crippen LogP contribution in [-0.2, 0) is 0 Å². The smallest absolute Gasteiger partial charge is 0.149 e. The lowest BCUT2D eigenvalue weighted by atomic mass is 10.1. The van der Waals surface area contributed by atoms with Gasteiger partial charge in [0.1, 0.15) is 23.5 Å². The highest BCUT2D eigenvalue weighted by molar-refractivity contribution is 5.89. The molecule has 1 atom stereocenters. The molecule has 0 saturated carbocycles. The largest absolute Gasteiger partial charge is 0.387 e. The molecular weight excluding hydrogens is 269 g/mol. The molecular formula is C16H14FN3O. The second-order valence-electron chi connectivity index (χ2n) is 4.67. The third kappa shape index (κ3) is 2.83. The first-order valence-electron chi connectivity index (χ1n) is 6.62. The summed E-state index contributed by atoms with van der Waals surface area (Å²) in [6.45, 7) is 0.284. The molecule has 0 aliphatic heterocycles. The predicted molar refractivity (Wildman–Crippen MR) is 79.4 cm³/mol. The first kappa shape index (κ1) is 13.5. The lowest BCUT2D eigenvalue weighted by Crippen LogP contribution is -2.13. The van der Waals surface area contributed by atoms with Crippen molar-refractivity contribution in [3.05, 3.63) is 66.2 Å². The number of fused-ring (bicyclic) bond motifs is 1. The van der Waals surface area contributed by atoms with Gasteiger partial charge in [0.05, 0.1) is 6.10 Å². The zero-order chi connectivity index (χ0) is 14.7. The number of nitrogens with one attached hydrogen (secondary N) is 1. The Balaban J connectivity index is 1.81. The van der Waals surface area contributed by atoms with Crippen molar-refractivity contribution in [2.24, 2.45) is 0 Å². The van der Waals surface area contributed by atoms with E-state index in [-0.39, 0.29) is 17.9 Å². The van der Waals surface area contributed by atoms with Crippen LogP contribution in [0.4, 0.5) is 10.2 Å². The molecule has 4 nitrogen and oxygen atoms in total. The molecule has 1 aromatic heterocycles. The fraction of sp³-hybridized carbons (Fsp3) is 0.125. The molecule has 0 amide bonds. The van der Waals surface area contributed by atoms with Gasteiger partial charge in [-0.3, -0.25) is 0 Å². The summed E-state index contributed by atoms with van der Waals surface area (Å²) in [5.41, 5.74) is 1.08. The number of aromatic nitrogens is 2. The minimum atomic E-state index is -0.662. The van der Waals surface area contributed by atoms with Gasteiger partial charge in [0, 0.05) is 11.9 Å². The zero-order valence-corrected chi connectivity index (χ0v) is 11.2. The minimum absolute atomic E-state index is 0.268. The van der Waals surface area contributed by atoms with Crippen molar-refractivity contribution in [3.63, 3.8) is 0 Å². The van der Waals surface area contributed by atoms with Crippen molar-refractivity contribution in [1.29, 1.82) is 0 Å². The normalized spacial score (nSPS) is 12.3. The van der Waals surface area contributed by atoms with Gasteiger partial charge in [-0.15, -0.1) is 0 Å². The van der Waals surface area contributed by atoms with Gasteiger partial charge in [-0.05, 0) is 17.7 Å². The second kappa shape index (κ2) is 5.85. The van der Waals surface area contributed by atoms with Crippen molar-refractivity contribution >= 4 is 16.7 Å². The van der Waals surface area contributed by atoms with Crippen LogP contribution in [0.15, 0.2) is 54.9 Å². The molecule has 0 saturated heterocycles. The van der Waals surface area contributed by atoms with Crippen LogP contribution in [-0.4, -0.2) is 21.6 Å². The Morgan fingerprint density at radius 1 is 1.05 bits per heavy atom. The van der Waals surface area contributed by atoms with Crippen molar-refractivity contribution in [1.82, 2.24) is 9.97 Å². The number of aliphatic hydroxyl groups excluding tert-OH is 1. The first-order chi connectivity index (χ1) is 10.3. The highest BCUT2D eigenvalue weighted by atomic mass is 19.1. The number of hydrogen-bond donors (Lipinski definition) is 2. The molecule has 0 aliphatic rings. The van der Waals surface area contributed by atoms with Gasteiger partial charge < -0.3 is 10.4 Å². The molecule has 0 aliphatic carbocycles. The van der Waals surface area contributed by atoms with E-state index in [1.807, 2.05) is 30.3 Å². The summed E-state index contributed by atoms with van der Waals surface area (Å²) in [7, 11) is 0. The molecule has 21 heavy (non-hydrogen) atoms. The van der Waals surface area contributed by atoms with Gasteiger partial charge in [0.15, 0.2) is 0 Å². The first-order valence-corrected chi connectivity index (χ1v) is 6.62. The fourth-order valence-electron chi connectivity index (χ4n) is 2.18. The highest BCUT2D eigenvalue weighted by Gasteiger charge is 2.10. The molecule has 0 bridgehead atoms. The van der Waals surface area contributed by atoms with Gasteiger partial charge in [-0.1, -0.05) is 36.4 Å². The van der Waals surface area contributed by atoms with Gasteiger partial charge in [0.2, 0.25) is 0 Å². The standard InChI is InChI=1S/C16H14FN3O/c17-13-8-4-7-12-15(13)19-10-20-16(12)18-9-14(21)11-5-2-1-3-6-11/h1-8,10,14,21H,9H2,(H,18,19,20). The lowest BCUT2D eigenvalue weighted by Gasteiger charge is -2.13. The Morgan fingerprint density at radius 3 is 2.67 bits per heavy atom. The maximum Gasteiger partial charge on any atom is 0.149 e. The molecule has 3 aromatic rings. The van der Waals surface area contributed by atoms with E-state index < -0.39 is 6.10 Å². The SMILES string of the molecule is OC(CNc1ncnc2c(F)cccc12)c1ccccc1. The van der Waals surface area contributed by atoms with E-state index in [0.29, 0.717) is 11.2 Å². The lowest BCUT2D eigenvalue weighted by molar-refractivity contribution is 0.191. The van der Waals surface area contributed by atoms with Crippen LogP contribution in [0, 0.1) is 5.82 Å². The Hall–Kier alpha value is -2.53. The van der Waals surface area contributed by atoms with E-state index in [9.17, 15) is 9.50 Å². The summed E-state index contributed by atoms with van der Waals surface area (Å²) < 4.78 is 13.7. The monoisotopic (exact) mass is 283 g/mol. The summed E-state index contributed by atoms with van der Waals surface area (Å²) >= 11 is 0. The molecule has 3 rings (SSSR count). The van der Waals surface area contributed by atoms with Gasteiger partial charge in [0.25, 0.3) is 0 Å². The summed E-state index contributed by atoms with van der Waals surface area (Å²) in [5, 5.41) is 13.8. The molecule has 0 radical (unpaired) electrons. The maximum atomic E-state index is 13.7. The van der Waals surface area contributed by atoms with Crippen molar-refractivity contribution < 1.29 is 9.50 Å². The molecule has 0 spiro atoms. The summed E-state index contributed by atoms with van der Waals surface area (Å²) in [4.78, 5) is 8.05. The number of halogens is 1. The quantitative estimate of drug-likeness (QED) is 0.773. The predicted octanol–water partition coefficient (Wildman–Crippen LogP) is 2.91. The number of anilines is 1. The second-order valence-corrected chi connectivity index (χ2v) is 4.67. The average molecular weight is 283 g/mol. The molecule has 1 unspecified atom stereocenters. The van der Waals surface area contributed by atoms with Crippen LogP contribution in [0.2, 0.25) is 0 Å². The zero-order valence-electron chi connectivity index (χ0n) is 11.2. The van der Waals surface area contributed by atoms with Crippen LogP contribution in [0.5, 0.6) is 0 Å². The summed E-state index contributed by atoms with van der Waals surface area (Å²) in [5.74, 6) is 0.121. The third-order valence-electron chi connectivity index (χ3n) is 3.26. The number of benzene rings is 2. The highest BCUT2D eigenvalue weighted by Crippen LogP contribution is 2.22. The van der Waals surface area contributed by atoms with Crippen LogP contribution in [0.3, 0.4) is 0 Å². The van der Waals surface area contributed by atoms with Gasteiger partial charge in [-0.25, -0.2) is 14.4 Å². The Morgan fingerprint density at radius 2 is 1.86 bits per heavy atom. The Kier molecular flexibility index (Phi) is 3.75. The van der Waals surface area contributed by atoms with Crippen molar-refractivity contribution in [3.8, 4) is 0 Å². The van der Waals surface area contributed by atoms with E-state index in [2.05, 4.69) is 15.3 Å².